The molecule has 3 rings (SSSR count). The number of nitrogens with one attached hydrogen (secondary N) is 1. The summed E-state index contributed by atoms with van der Waals surface area (Å²) in [4.78, 5) is 0. The summed E-state index contributed by atoms with van der Waals surface area (Å²) >= 11 is 0. The Balaban J connectivity index is 1.87. The maximum atomic E-state index is 4.32. The van der Waals surface area contributed by atoms with Crippen molar-refractivity contribution in [3.8, 4) is 0 Å². The molecule has 0 radical (unpaired) electrons. The summed E-state index contributed by atoms with van der Waals surface area (Å²) in [6.45, 7) is 2.40. The van der Waals surface area contributed by atoms with E-state index in [2.05, 4.69) is 28.2 Å². The Morgan fingerprint density at radius 2 is 2.13 bits per heavy atom. The van der Waals surface area contributed by atoms with Crippen LogP contribution in [0, 0.1) is 5.92 Å². The quantitative estimate of drug-likeness (QED) is 0.792. The van der Waals surface area contributed by atoms with Gasteiger partial charge in [0.05, 0.1) is 0 Å². The number of piperidine rings is 1. The Bertz CT molecular complexity index is 346. The van der Waals surface area contributed by atoms with Gasteiger partial charge in [-0.15, -0.1) is 0 Å². The van der Waals surface area contributed by atoms with Crippen molar-refractivity contribution in [1.82, 2.24) is 15.1 Å². The molecular weight excluding hydrogens is 186 g/mol. The largest absolute Gasteiger partial charge is 0.317 e. The molecule has 0 aromatic carbocycles. The normalized spacial score (nSPS) is 25.4. The summed E-state index contributed by atoms with van der Waals surface area (Å²) in [6.07, 6.45) is 7.36. The van der Waals surface area contributed by atoms with Crippen molar-refractivity contribution in [2.24, 2.45) is 13.0 Å². The highest BCUT2D eigenvalue weighted by Crippen LogP contribution is 2.56. The maximum absolute atomic E-state index is 4.32. The van der Waals surface area contributed by atoms with Gasteiger partial charge >= 0.3 is 0 Å². The summed E-state index contributed by atoms with van der Waals surface area (Å²) < 4.78 is 2.08. The van der Waals surface area contributed by atoms with Gasteiger partial charge in [0.2, 0.25) is 0 Å². The minimum atomic E-state index is 0.493. The Hall–Kier alpha value is -0.830. The molecular formula is C12H19N3. The van der Waals surface area contributed by atoms with Crippen molar-refractivity contribution >= 4 is 0 Å². The second kappa shape index (κ2) is 3.34. The van der Waals surface area contributed by atoms with E-state index in [1.807, 2.05) is 6.20 Å². The molecule has 0 amide bonds. The second-order valence-electron chi connectivity index (χ2n) is 5.02. The van der Waals surface area contributed by atoms with E-state index in [0.717, 1.165) is 5.92 Å². The van der Waals surface area contributed by atoms with Crippen molar-refractivity contribution in [2.75, 3.05) is 13.1 Å². The van der Waals surface area contributed by atoms with Gasteiger partial charge in [0, 0.05) is 24.4 Å². The van der Waals surface area contributed by atoms with E-state index in [1.54, 1.807) is 0 Å². The third kappa shape index (κ3) is 1.41. The summed E-state index contributed by atoms with van der Waals surface area (Å²) in [5.41, 5.74) is 1.96. The molecule has 1 aromatic heterocycles. The molecule has 0 atom stereocenters. The van der Waals surface area contributed by atoms with Gasteiger partial charge in [0.25, 0.3) is 0 Å². The van der Waals surface area contributed by atoms with E-state index in [4.69, 9.17) is 0 Å². The Kier molecular flexibility index (Phi) is 2.09. The molecule has 0 spiro atoms. The van der Waals surface area contributed by atoms with Crippen LogP contribution in [0.3, 0.4) is 0 Å². The number of hydrogen-bond acceptors (Lipinski definition) is 2. The molecule has 0 unspecified atom stereocenters. The van der Waals surface area contributed by atoms with Crippen LogP contribution in [0.5, 0.6) is 0 Å². The zero-order valence-corrected chi connectivity index (χ0v) is 9.37. The molecule has 1 aromatic rings. The van der Waals surface area contributed by atoms with E-state index in [9.17, 15) is 0 Å². The third-order valence-electron chi connectivity index (χ3n) is 4.24. The molecule has 1 aliphatic heterocycles. The van der Waals surface area contributed by atoms with Crippen LogP contribution in [-0.2, 0) is 12.5 Å². The van der Waals surface area contributed by atoms with E-state index >= 15 is 0 Å². The van der Waals surface area contributed by atoms with Gasteiger partial charge in [-0.1, -0.05) is 0 Å². The van der Waals surface area contributed by atoms with Crippen molar-refractivity contribution in [2.45, 2.75) is 31.1 Å². The fourth-order valence-electron chi connectivity index (χ4n) is 3.24. The number of rotatable bonds is 2. The minimum absolute atomic E-state index is 0.493. The summed E-state index contributed by atoms with van der Waals surface area (Å²) in [5, 5.41) is 7.77. The molecule has 2 heterocycles. The molecule has 82 valence electrons. The first-order valence-electron chi connectivity index (χ1n) is 6.02. The summed E-state index contributed by atoms with van der Waals surface area (Å²) in [7, 11) is 2.08. The molecule has 3 nitrogen and oxygen atoms in total. The zero-order chi connectivity index (χ0) is 10.3. The van der Waals surface area contributed by atoms with Crippen molar-refractivity contribution in [3.05, 3.63) is 18.0 Å². The van der Waals surface area contributed by atoms with E-state index in [1.165, 1.54) is 44.5 Å². The zero-order valence-electron chi connectivity index (χ0n) is 9.37. The predicted octanol–water partition coefficient (Wildman–Crippen LogP) is 1.45. The van der Waals surface area contributed by atoms with Crippen molar-refractivity contribution < 1.29 is 0 Å². The third-order valence-corrected chi connectivity index (χ3v) is 4.24. The monoisotopic (exact) mass is 205 g/mol. The van der Waals surface area contributed by atoms with Crippen LogP contribution in [0.15, 0.2) is 12.3 Å². The molecule has 2 fully saturated rings. The van der Waals surface area contributed by atoms with Gasteiger partial charge in [-0.25, -0.2) is 0 Å². The first-order chi connectivity index (χ1) is 7.33. The van der Waals surface area contributed by atoms with E-state index < -0.39 is 0 Å². The lowest BCUT2D eigenvalue weighted by Crippen LogP contribution is -2.35. The van der Waals surface area contributed by atoms with Gasteiger partial charge in [-0.3, -0.25) is 4.68 Å². The van der Waals surface area contributed by atoms with Crippen LogP contribution in [0.1, 0.15) is 31.4 Å². The fourth-order valence-corrected chi connectivity index (χ4v) is 3.24. The van der Waals surface area contributed by atoms with E-state index in [0.29, 0.717) is 5.41 Å². The van der Waals surface area contributed by atoms with Crippen LogP contribution >= 0.6 is 0 Å². The first-order valence-corrected chi connectivity index (χ1v) is 6.02. The van der Waals surface area contributed by atoms with Gasteiger partial charge in [0.15, 0.2) is 0 Å². The SMILES string of the molecule is Cn1nccc1C1(C2CCNCC2)CC1. The number of aryl methyl sites for hydroxylation is 1. The molecule has 15 heavy (non-hydrogen) atoms. The van der Waals surface area contributed by atoms with Gasteiger partial charge in [-0.2, -0.15) is 5.10 Å². The van der Waals surface area contributed by atoms with Crippen LogP contribution in [0.4, 0.5) is 0 Å². The Labute approximate surface area is 90.9 Å². The number of hydrogen-bond donors (Lipinski definition) is 1. The predicted molar refractivity (Wildman–Crippen MR) is 59.7 cm³/mol. The highest BCUT2D eigenvalue weighted by molar-refractivity contribution is 5.26. The first kappa shape index (κ1) is 9.40. The van der Waals surface area contributed by atoms with Gasteiger partial charge in [-0.05, 0) is 50.8 Å². The summed E-state index contributed by atoms with van der Waals surface area (Å²) in [6, 6.07) is 2.22. The Morgan fingerprint density at radius 3 is 2.67 bits per heavy atom. The van der Waals surface area contributed by atoms with Gasteiger partial charge < -0.3 is 5.32 Å². The molecule has 2 aliphatic rings. The number of aromatic nitrogens is 2. The minimum Gasteiger partial charge on any atom is -0.317 e. The highest BCUT2D eigenvalue weighted by Gasteiger charge is 2.51. The number of nitrogens with zero attached hydrogens (tertiary/aromatic N) is 2. The molecule has 1 N–H and O–H groups in total. The topological polar surface area (TPSA) is 29.9 Å². The van der Waals surface area contributed by atoms with Crippen LogP contribution in [-0.4, -0.2) is 22.9 Å². The Morgan fingerprint density at radius 1 is 1.40 bits per heavy atom. The smallest absolute Gasteiger partial charge is 0.0492 e. The fraction of sp³-hybridized carbons (Fsp3) is 0.750. The van der Waals surface area contributed by atoms with Crippen LogP contribution in [0.25, 0.3) is 0 Å². The summed E-state index contributed by atoms with van der Waals surface area (Å²) in [5.74, 6) is 0.883. The van der Waals surface area contributed by atoms with Gasteiger partial charge in [0.1, 0.15) is 0 Å². The molecule has 1 saturated heterocycles. The lowest BCUT2D eigenvalue weighted by atomic mass is 9.80. The van der Waals surface area contributed by atoms with Crippen molar-refractivity contribution in [1.29, 1.82) is 0 Å². The van der Waals surface area contributed by atoms with Crippen LogP contribution in [0.2, 0.25) is 0 Å². The average molecular weight is 205 g/mol. The van der Waals surface area contributed by atoms with Crippen LogP contribution < -0.4 is 5.32 Å². The lowest BCUT2D eigenvalue weighted by molar-refractivity contribution is 0.293. The molecule has 1 aliphatic carbocycles. The second-order valence-corrected chi connectivity index (χ2v) is 5.02. The van der Waals surface area contributed by atoms with E-state index in [-0.39, 0.29) is 0 Å². The lowest BCUT2D eigenvalue weighted by Gasteiger charge is -2.31. The molecule has 3 heteroatoms. The standard InChI is InChI=1S/C12H19N3/c1-15-11(4-9-14-15)12(5-6-12)10-2-7-13-8-3-10/h4,9-10,13H,2-3,5-8H2,1H3. The average Bonchev–Trinajstić information content (AvgIpc) is 2.98. The van der Waals surface area contributed by atoms with Crippen molar-refractivity contribution in [3.63, 3.8) is 0 Å². The highest BCUT2D eigenvalue weighted by atomic mass is 15.3. The molecule has 1 saturated carbocycles. The maximum Gasteiger partial charge on any atom is 0.0492 e. The molecule has 0 bridgehead atoms.